The van der Waals surface area contributed by atoms with Gasteiger partial charge in [0.1, 0.15) is 16.9 Å². The normalized spacial score (nSPS) is 11.9. The number of ether oxygens (including phenoxy) is 1. The first-order chi connectivity index (χ1) is 16.2. The molecule has 0 aliphatic heterocycles. The molecule has 2 aromatic heterocycles. The Morgan fingerprint density at radius 3 is 2.44 bits per heavy atom. The fraction of sp³-hybridized carbons (Fsp3) is 0.222. The number of methoxy groups -OCH3 is 1. The molecule has 2 aromatic carbocycles. The number of nitrogens with one attached hydrogen (secondary N) is 2. The predicted octanol–water partition coefficient (Wildman–Crippen LogP) is 5.03. The van der Waals surface area contributed by atoms with Gasteiger partial charge in [0.2, 0.25) is 0 Å². The van der Waals surface area contributed by atoms with E-state index in [1.54, 1.807) is 19.9 Å². The number of aromatic nitrogens is 1. The van der Waals surface area contributed by atoms with Crippen LogP contribution in [0, 0.1) is 20.8 Å². The topological polar surface area (TPSA) is 101 Å². The zero-order chi connectivity index (χ0) is 24.6. The Balaban J connectivity index is 1.90. The van der Waals surface area contributed by atoms with E-state index in [0.717, 1.165) is 16.7 Å². The van der Waals surface area contributed by atoms with Gasteiger partial charge in [0.05, 0.1) is 24.2 Å². The number of H-pyrrole nitrogens is 1. The van der Waals surface area contributed by atoms with Crippen LogP contribution in [0.15, 0.2) is 62.5 Å². The van der Waals surface area contributed by atoms with Gasteiger partial charge in [0.25, 0.3) is 5.56 Å². The van der Waals surface area contributed by atoms with Crippen molar-refractivity contribution in [1.29, 1.82) is 0 Å². The summed E-state index contributed by atoms with van der Waals surface area (Å²) in [6.07, 6.45) is 0. The zero-order valence-corrected chi connectivity index (χ0v) is 19.7. The summed E-state index contributed by atoms with van der Waals surface area (Å²) in [7, 11) is 1.23. The summed E-state index contributed by atoms with van der Waals surface area (Å²) in [6, 6.07) is 14.5. The highest BCUT2D eigenvalue weighted by atomic mass is 16.5. The van der Waals surface area contributed by atoms with E-state index >= 15 is 0 Å². The largest absolute Gasteiger partial charge is 0.465 e. The molecule has 0 fully saturated rings. The van der Waals surface area contributed by atoms with E-state index in [1.807, 2.05) is 56.3 Å². The number of hydrogen-bond acceptors (Lipinski definition) is 6. The lowest BCUT2D eigenvalue weighted by Gasteiger charge is -2.20. The van der Waals surface area contributed by atoms with Crippen LogP contribution in [-0.2, 0) is 4.74 Å². The number of esters is 1. The number of anilines is 1. The number of hydrogen-bond donors (Lipinski definition) is 2. The van der Waals surface area contributed by atoms with Crippen LogP contribution in [0.1, 0.15) is 45.7 Å². The first kappa shape index (κ1) is 23.0. The summed E-state index contributed by atoms with van der Waals surface area (Å²) >= 11 is 0. The number of aryl methyl sites for hydroxylation is 2. The molecular formula is C27H26N2O5. The lowest BCUT2D eigenvalue weighted by Crippen LogP contribution is -2.23. The Hall–Kier alpha value is -4.13. The molecule has 2 heterocycles. The van der Waals surface area contributed by atoms with Gasteiger partial charge >= 0.3 is 5.97 Å². The van der Waals surface area contributed by atoms with Crippen molar-refractivity contribution in [2.24, 2.45) is 0 Å². The molecule has 34 heavy (non-hydrogen) atoms. The molecule has 0 unspecified atom stereocenters. The van der Waals surface area contributed by atoms with E-state index in [9.17, 15) is 14.4 Å². The summed E-state index contributed by atoms with van der Waals surface area (Å²) < 4.78 is 11.2. The van der Waals surface area contributed by atoms with Gasteiger partial charge in [-0.3, -0.25) is 9.59 Å². The van der Waals surface area contributed by atoms with Crippen molar-refractivity contribution >= 4 is 22.6 Å². The number of rotatable bonds is 5. The molecular weight excluding hydrogens is 432 g/mol. The quantitative estimate of drug-likeness (QED) is 0.407. The highest BCUT2D eigenvalue weighted by Crippen LogP contribution is 2.32. The third-order valence-corrected chi connectivity index (χ3v) is 5.82. The minimum atomic E-state index is -0.737. The van der Waals surface area contributed by atoms with Gasteiger partial charge < -0.3 is 19.5 Å². The first-order valence-corrected chi connectivity index (χ1v) is 10.9. The van der Waals surface area contributed by atoms with Gasteiger partial charge in [-0.25, -0.2) is 4.79 Å². The van der Waals surface area contributed by atoms with Crippen molar-refractivity contribution < 1.29 is 13.9 Å². The van der Waals surface area contributed by atoms with E-state index < -0.39 is 17.6 Å². The van der Waals surface area contributed by atoms with Crippen LogP contribution in [0.4, 0.5) is 5.69 Å². The Morgan fingerprint density at radius 2 is 1.76 bits per heavy atom. The molecule has 2 N–H and O–H groups in total. The van der Waals surface area contributed by atoms with Gasteiger partial charge in [-0.1, -0.05) is 36.4 Å². The van der Waals surface area contributed by atoms with Crippen LogP contribution in [0.2, 0.25) is 0 Å². The number of benzene rings is 2. The molecule has 4 rings (SSSR count). The van der Waals surface area contributed by atoms with Gasteiger partial charge in [-0.2, -0.15) is 0 Å². The lowest BCUT2D eigenvalue weighted by atomic mass is 9.98. The highest BCUT2D eigenvalue weighted by molar-refractivity contribution is 5.95. The molecule has 7 heteroatoms. The maximum absolute atomic E-state index is 13.3. The average molecular weight is 459 g/mol. The molecule has 0 spiro atoms. The molecule has 4 aromatic rings. The van der Waals surface area contributed by atoms with Gasteiger partial charge in [-0.05, 0) is 45.4 Å². The van der Waals surface area contributed by atoms with E-state index in [4.69, 9.17) is 9.15 Å². The lowest BCUT2D eigenvalue weighted by molar-refractivity contribution is 0.0599. The van der Waals surface area contributed by atoms with Crippen LogP contribution in [0.3, 0.4) is 0 Å². The van der Waals surface area contributed by atoms with Gasteiger partial charge in [0, 0.05) is 22.4 Å². The number of fused-ring (bicyclic) bond motifs is 1. The Bertz CT molecular complexity index is 1520. The molecule has 0 aliphatic carbocycles. The van der Waals surface area contributed by atoms with Gasteiger partial charge in [-0.15, -0.1) is 0 Å². The molecule has 0 radical (unpaired) electrons. The first-order valence-electron chi connectivity index (χ1n) is 10.9. The van der Waals surface area contributed by atoms with Crippen molar-refractivity contribution in [3.8, 4) is 11.3 Å². The van der Waals surface area contributed by atoms with E-state index in [0.29, 0.717) is 33.7 Å². The Kier molecular flexibility index (Phi) is 6.11. The Morgan fingerprint density at radius 1 is 1.06 bits per heavy atom. The predicted molar refractivity (Wildman–Crippen MR) is 133 cm³/mol. The fourth-order valence-electron chi connectivity index (χ4n) is 4.17. The maximum Gasteiger partial charge on any atom is 0.345 e. The van der Waals surface area contributed by atoms with Crippen molar-refractivity contribution in [3.63, 3.8) is 0 Å². The smallest absolute Gasteiger partial charge is 0.345 e. The molecule has 174 valence electrons. The third-order valence-electron chi connectivity index (χ3n) is 5.82. The maximum atomic E-state index is 13.3. The van der Waals surface area contributed by atoms with Crippen molar-refractivity contribution in [3.05, 3.63) is 97.1 Å². The van der Waals surface area contributed by atoms with Crippen LogP contribution in [0.25, 0.3) is 22.3 Å². The van der Waals surface area contributed by atoms with Crippen LogP contribution < -0.4 is 16.3 Å². The number of pyridine rings is 1. The molecule has 0 saturated carbocycles. The van der Waals surface area contributed by atoms with Crippen molar-refractivity contribution in [1.82, 2.24) is 4.98 Å². The molecule has 0 bridgehead atoms. The van der Waals surface area contributed by atoms with Crippen molar-refractivity contribution in [2.45, 2.75) is 33.7 Å². The molecule has 1 atom stereocenters. The summed E-state index contributed by atoms with van der Waals surface area (Å²) in [6.45, 7) is 7.29. The second kappa shape index (κ2) is 9.02. The molecule has 0 saturated heterocycles. The second-order valence-corrected chi connectivity index (χ2v) is 8.41. The highest BCUT2D eigenvalue weighted by Gasteiger charge is 2.22. The van der Waals surface area contributed by atoms with Crippen LogP contribution >= 0.6 is 0 Å². The number of carbonyl (C=O) groups excluding carboxylic acids is 1. The molecule has 0 aliphatic rings. The molecule has 7 nitrogen and oxygen atoms in total. The fourth-order valence-corrected chi connectivity index (χ4v) is 4.17. The standard InChI is InChI=1S/C27H26N2O5/c1-14-11-19(17(4)29-21-13-15(2)28-26(31)22(21)27(32)33-5)25-20(12-14)23(30)16(3)24(34-25)18-9-7-6-8-10-18/h6-13,17H,1-5H3,(H2,28,29,31)/t17-/m1/s1. The summed E-state index contributed by atoms with van der Waals surface area (Å²) in [5, 5.41) is 3.74. The average Bonchev–Trinajstić information content (AvgIpc) is 2.81. The van der Waals surface area contributed by atoms with E-state index in [1.165, 1.54) is 7.11 Å². The monoisotopic (exact) mass is 458 g/mol. The zero-order valence-electron chi connectivity index (χ0n) is 19.7. The number of aromatic amines is 1. The number of carbonyl (C=O) groups is 1. The second-order valence-electron chi connectivity index (χ2n) is 8.41. The van der Waals surface area contributed by atoms with Crippen molar-refractivity contribution in [2.75, 3.05) is 12.4 Å². The van der Waals surface area contributed by atoms with Gasteiger partial charge in [0.15, 0.2) is 5.43 Å². The minimum Gasteiger partial charge on any atom is -0.465 e. The summed E-state index contributed by atoms with van der Waals surface area (Å²) in [5.41, 5.74) is 3.62. The SMILES string of the molecule is COC(=O)c1c(N[C@H](C)c2cc(C)cc3c(=O)c(C)c(-c4ccccc4)oc23)cc(C)[nH]c1=O. The summed E-state index contributed by atoms with van der Waals surface area (Å²) in [4.78, 5) is 40.7. The Labute approximate surface area is 196 Å². The summed E-state index contributed by atoms with van der Waals surface area (Å²) in [5.74, 6) is -0.226. The van der Waals surface area contributed by atoms with Crippen LogP contribution in [-0.4, -0.2) is 18.1 Å². The molecule has 0 amide bonds. The van der Waals surface area contributed by atoms with E-state index in [2.05, 4.69) is 10.3 Å². The van der Waals surface area contributed by atoms with Crippen LogP contribution in [0.5, 0.6) is 0 Å². The van der Waals surface area contributed by atoms with E-state index in [-0.39, 0.29) is 11.0 Å². The third kappa shape index (κ3) is 4.12. The minimum absolute atomic E-state index is 0.0977.